The number of hydrogen-bond donors (Lipinski definition) is 1. The molecule has 0 unspecified atom stereocenters. The van der Waals surface area contributed by atoms with Gasteiger partial charge in [0.25, 0.3) is 0 Å². The predicted octanol–water partition coefficient (Wildman–Crippen LogP) is 3.75. The molecule has 154 valence electrons. The molecule has 0 spiro atoms. The highest BCUT2D eigenvalue weighted by atomic mass is 32.2. The Labute approximate surface area is 174 Å². The molecule has 3 aromatic rings. The first-order valence-electron chi connectivity index (χ1n) is 9.44. The van der Waals surface area contributed by atoms with Crippen molar-refractivity contribution in [2.24, 2.45) is 0 Å². The van der Waals surface area contributed by atoms with E-state index >= 15 is 0 Å². The van der Waals surface area contributed by atoms with Crippen LogP contribution in [-0.2, 0) is 10.0 Å². The van der Waals surface area contributed by atoms with E-state index in [2.05, 4.69) is 10.3 Å². The first-order valence-corrected chi connectivity index (χ1v) is 10.9. The van der Waals surface area contributed by atoms with Crippen LogP contribution in [-0.4, -0.2) is 37.9 Å². The minimum absolute atomic E-state index is 0.106. The number of anilines is 2. The molecule has 0 aliphatic carbocycles. The van der Waals surface area contributed by atoms with Gasteiger partial charge in [0.05, 0.1) is 12.0 Å². The van der Waals surface area contributed by atoms with Crippen molar-refractivity contribution in [2.75, 3.05) is 25.5 Å². The fraction of sp³-hybridized carbons (Fsp3) is 0.238. The molecule has 2 heterocycles. The number of methoxy groups -OCH3 is 1. The summed E-state index contributed by atoms with van der Waals surface area (Å²) in [5, 5.41) is 12.4. The Bertz CT molecular complexity index is 1170. The second-order valence-corrected chi connectivity index (χ2v) is 8.74. The van der Waals surface area contributed by atoms with Crippen molar-refractivity contribution in [2.45, 2.75) is 17.7 Å². The van der Waals surface area contributed by atoms with E-state index in [1.165, 1.54) is 16.4 Å². The molecule has 8 nitrogen and oxygen atoms in total. The molecule has 1 aromatic heterocycles. The summed E-state index contributed by atoms with van der Waals surface area (Å²) in [4.78, 5) is 4.46. The highest BCUT2D eigenvalue weighted by Crippen LogP contribution is 2.30. The standard InChI is InChI=1S/C21H20N4O4S/c1-28-17-8-6-16(7-9-17)23-21-19(14-22)24-20(29-21)15-4-10-18(11-5-15)30(26,27)25-12-2-3-13-25/h4-11,23H,2-3,12-13H2,1H3. The first-order chi connectivity index (χ1) is 14.5. The van der Waals surface area contributed by atoms with E-state index < -0.39 is 10.0 Å². The third-order valence-electron chi connectivity index (χ3n) is 4.89. The summed E-state index contributed by atoms with van der Waals surface area (Å²) < 4.78 is 37.7. The second kappa shape index (κ2) is 8.18. The van der Waals surface area contributed by atoms with Crippen LogP contribution in [0.1, 0.15) is 18.5 Å². The fourth-order valence-electron chi connectivity index (χ4n) is 3.26. The van der Waals surface area contributed by atoms with Gasteiger partial charge in [-0.05, 0) is 61.4 Å². The smallest absolute Gasteiger partial charge is 0.243 e. The van der Waals surface area contributed by atoms with Crippen molar-refractivity contribution in [3.05, 3.63) is 54.2 Å². The molecule has 4 rings (SSSR count). The average molecular weight is 424 g/mol. The zero-order valence-corrected chi connectivity index (χ0v) is 17.1. The monoisotopic (exact) mass is 424 g/mol. The van der Waals surface area contributed by atoms with Gasteiger partial charge in [0.1, 0.15) is 11.8 Å². The molecule has 2 aromatic carbocycles. The quantitative estimate of drug-likeness (QED) is 0.642. The molecule has 1 saturated heterocycles. The minimum atomic E-state index is -3.48. The molecule has 0 radical (unpaired) electrons. The molecule has 1 N–H and O–H groups in total. The summed E-state index contributed by atoms with van der Waals surface area (Å²) in [6, 6.07) is 15.5. The average Bonchev–Trinajstić information content (AvgIpc) is 3.45. The number of ether oxygens (including phenoxy) is 1. The maximum Gasteiger partial charge on any atom is 0.243 e. The summed E-state index contributed by atoms with van der Waals surface area (Å²) in [6.45, 7) is 1.10. The van der Waals surface area contributed by atoms with Crippen LogP contribution in [0.4, 0.5) is 11.6 Å². The van der Waals surface area contributed by atoms with Crippen molar-refractivity contribution < 1.29 is 17.6 Å². The summed E-state index contributed by atoms with van der Waals surface area (Å²) in [5.41, 5.74) is 1.39. The number of sulfonamides is 1. The highest BCUT2D eigenvalue weighted by Gasteiger charge is 2.27. The normalized spacial score (nSPS) is 14.4. The number of rotatable bonds is 6. The molecule has 1 aliphatic heterocycles. The molecule has 0 atom stereocenters. The first kappa shape index (κ1) is 19.9. The molecular formula is C21H20N4O4S. The van der Waals surface area contributed by atoms with Crippen LogP contribution in [0.3, 0.4) is 0 Å². The second-order valence-electron chi connectivity index (χ2n) is 6.80. The lowest BCUT2D eigenvalue weighted by Gasteiger charge is -2.15. The van der Waals surface area contributed by atoms with Crippen molar-refractivity contribution in [1.29, 1.82) is 5.26 Å². The lowest BCUT2D eigenvalue weighted by atomic mass is 10.2. The molecule has 0 saturated carbocycles. The minimum Gasteiger partial charge on any atom is -0.497 e. The zero-order chi connectivity index (χ0) is 21.1. The van der Waals surface area contributed by atoms with Crippen LogP contribution >= 0.6 is 0 Å². The van der Waals surface area contributed by atoms with Gasteiger partial charge < -0.3 is 14.5 Å². The van der Waals surface area contributed by atoms with Crippen LogP contribution < -0.4 is 10.1 Å². The summed E-state index contributed by atoms with van der Waals surface area (Å²) in [5.74, 6) is 1.16. The van der Waals surface area contributed by atoms with E-state index in [1.54, 1.807) is 43.5 Å². The Morgan fingerprint density at radius 3 is 2.37 bits per heavy atom. The van der Waals surface area contributed by atoms with E-state index in [1.807, 2.05) is 6.07 Å². The summed E-state index contributed by atoms with van der Waals surface area (Å²) in [7, 11) is -1.90. The third-order valence-corrected chi connectivity index (χ3v) is 6.80. The van der Waals surface area contributed by atoms with Crippen molar-refractivity contribution in [3.8, 4) is 23.3 Å². The van der Waals surface area contributed by atoms with Crippen LogP contribution in [0.15, 0.2) is 57.8 Å². The maximum absolute atomic E-state index is 12.7. The van der Waals surface area contributed by atoms with Gasteiger partial charge in [-0.3, -0.25) is 0 Å². The number of benzene rings is 2. The van der Waals surface area contributed by atoms with Crippen LogP contribution in [0.25, 0.3) is 11.5 Å². The highest BCUT2D eigenvalue weighted by molar-refractivity contribution is 7.89. The topological polar surface area (TPSA) is 108 Å². The van der Waals surface area contributed by atoms with Gasteiger partial charge in [-0.2, -0.15) is 14.6 Å². The van der Waals surface area contributed by atoms with Crippen molar-refractivity contribution in [1.82, 2.24) is 9.29 Å². The van der Waals surface area contributed by atoms with Gasteiger partial charge in [-0.25, -0.2) is 8.42 Å². The summed E-state index contributed by atoms with van der Waals surface area (Å²) >= 11 is 0. The number of oxazole rings is 1. The molecular weight excluding hydrogens is 404 g/mol. The lowest BCUT2D eigenvalue weighted by Crippen LogP contribution is -2.27. The van der Waals surface area contributed by atoms with Crippen LogP contribution in [0, 0.1) is 11.3 Å². The number of nitrogens with one attached hydrogen (secondary N) is 1. The van der Waals surface area contributed by atoms with E-state index in [0.717, 1.165) is 12.8 Å². The largest absolute Gasteiger partial charge is 0.497 e. The Morgan fingerprint density at radius 1 is 1.10 bits per heavy atom. The Hall–Kier alpha value is -3.35. The lowest BCUT2D eigenvalue weighted by molar-refractivity contribution is 0.415. The van der Waals surface area contributed by atoms with E-state index in [4.69, 9.17) is 9.15 Å². The number of nitrogens with zero attached hydrogens (tertiary/aromatic N) is 3. The predicted molar refractivity (Wildman–Crippen MR) is 111 cm³/mol. The number of nitriles is 1. The van der Waals surface area contributed by atoms with Gasteiger partial charge in [0, 0.05) is 24.3 Å². The number of aromatic nitrogens is 1. The van der Waals surface area contributed by atoms with Crippen LogP contribution in [0.2, 0.25) is 0 Å². The van der Waals surface area contributed by atoms with E-state index in [9.17, 15) is 13.7 Å². The summed E-state index contributed by atoms with van der Waals surface area (Å²) in [6.07, 6.45) is 1.77. The molecule has 30 heavy (non-hydrogen) atoms. The molecule has 1 aliphatic rings. The number of hydrogen-bond acceptors (Lipinski definition) is 7. The third kappa shape index (κ3) is 3.87. The van der Waals surface area contributed by atoms with Gasteiger partial charge in [-0.1, -0.05) is 0 Å². The van der Waals surface area contributed by atoms with Crippen molar-refractivity contribution >= 4 is 21.6 Å². The zero-order valence-electron chi connectivity index (χ0n) is 16.3. The van der Waals surface area contributed by atoms with Crippen LogP contribution in [0.5, 0.6) is 5.75 Å². The van der Waals surface area contributed by atoms with Crippen molar-refractivity contribution in [3.63, 3.8) is 0 Å². The molecule has 0 bridgehead atoms. The molecule has 1 fully saturated rings. The van der Waals surface area contributed by atoms with E-state index in [0.29, 0.717) is 30.1 Å². The van der Waals surface area contributed by atoms with Gasteiger partial charge >= 0.3 is 0 Å². The molecule has 0 amide bonds. The van der Waals surface area contributed by atoms with Gasteiger partial charge in [-0.15, -0.1) is 0 Å². The Balaban J connectivity index is 1.57. The van der Waals surface area contributed by atoms with E-state index in [-0.39, 0.29) is 22.4 Å². The van der Waals surface area contributed by atoms with Gasteiger partial charge in [0.2, 0.25) is 27.5 Å². The Morgan fingerprint density at radius 2 is 1.77 bits per heavy atom. The maximum atomic E-state index is 12.7. The Kier molecular flexibility index (Phi) is 5.44. The molecule has 9 heteroatoms. The van der Waals surface area contributed by atoms with Gasteiger partial charge in [0.15, 0.2) is 0 Å². The fourth-order valence-corrected chi connectivity index (χ4v) is 4.77. The SMILES string of the molecule is COc1ccc(Nc2oc(-c3ccc(S(=O)(=O)N4CCCC4)cc3)nc2C#N)cc1.